The smallest absolute Gasteiger partial charge is 0.0175 e. The standard InChI is InChI=1S/C26H25Br/c27-20-16-14-19(15-17-20)26-23-12-6-4-10-21(23)25(18-8-2-1-3-9-18)22-11-5-7-13-24(22)26/h1-3,8-9,14-17H,4-7,10-13H2. The molecule has 0 radical (unpaired) electrons. The molecule has 0 unspecified atom stereocenters. The summed E-state index contributed by atoms with van der Waals surface area (Å²) in [4.78, 5) is 0. The third kappa shape index (κ3) is 3.06. The Morgan fingerprint density at radius 3 is 1.33 bits per heavy atom. The summed E-state index contributed by atoms with van der Waals surface area (Å²) in [5.74, 6) is 0. The molecule has 2 aliphatic carbocycles. The zero-order valence-electron chi connectivity index (χ0n) is 15.7. The topological polar surface area (TPSA) is 0 Å². The molecule has 0 fully saturated rings. The van der Waals surface area contributed by atoms with Crippen molar-refractivity contribution in [3.05, 3.63) is 81.3 Å². The molecular weight excluding hydrogens is 392 g/mol. The van der Waals surface area contributed by atoms with Gasteiger partial charge in [0, 0.05) is 4.47 Å². The first-order valence-corrected chi connectivity index (χ1v) is 11.1. The fourth-order valence-corrected chi connectivity index (χ4v) is 5.46. The van der Waals surface area contributed by atoms with E-state index in [9.17, 15) is 0 Å². The molecule has 0 saturated heterocycles. The maximum absolute atomic E-state index is 3.61. The van der Waals surface area contributed by atoms with E-state index in [0.717, 1.165) is 4.47 Å². The zero-order chi connectivity index (χ0) is 18.2. The molecule has 0 aromatic heterocycles. The summed E-state index contributed by atoms with van der Waals surface area (Å²) >= 11 is 3.61. The highest BCUT2D eigenvalue weighted by molar-refractivity contribution is 9.10. The molecule has 1 heteroatoms. The predicted molar refractivity (Wildman–Crippen MR) is 118 cm³/mol. The lowest BCUT2D eigenvalue weighted by molar-refractivity contribution is 0.662. The Labute approximate surface area is 170 Å². The van der Waals surface area contributed by atoms with E-state index in [-0.39, 0.29) is 0 Å². The van der Waals surface area contributed by atoms with Crippen molar-refractivity contribution in [2.24, 2.45) is 0 Å². The Kier molecular flexibility index (Phi) is 4.65. The van der Waals surface area contributed by atoms with E-state index in [1.807, 2.05) is 0 Å². The summed E-state index contributed by atoms with van der Waals surface area (Å²) in [5, 5.41) is 0. The second kappa shape index (κ2) is 7.28. The van der Waals surface area contributed by atoms with Gasteiger partial charge in [0.15, 0.2) is 0 Å². The van der Waals surface area contributed by atoms with Gasteiger partial charge < -0.3 is 0 Å². The average Bonchev–Trinajstić information content (AvgIpc) is 2.73. The van der Waals surface area contributed by atoms with Gasteiger partial charge in [-0.1, -0.05) is 58.4 Å². The normalized spacial score (nSPS) is 15.9. The van der Waals surface area contributed by atoms with Crippen LogP contribution >= 0.6 is 15.9 Å². The Balaban J connectivity index is 1.84. The highest BCUT2D eigenvalue weighted by atomic mass is 79.9. The number of hydrogen-bond acceptors (Lipinski definition) is 0. The highest BCUT2D eigenvalue weighted by Gasteiger charge is 2.27. The second-order valence-corrected chi connectivity index (χ2v) is 8.87. The quantitative estimate of drug-likeness (QED) is 0.404. The van der Waals surface area contributed by atoms with Crippen molar-refractivity contribution in [1.29, 1.82) is 0 Å². The molecule has 0 nitrogen and oxygen atoms in total. The Morgan fingerprint density at radius 2 is 0.889 bits per heavy atom. The van der Waals surface area contributed by atoms with Crippen LogP contribution in [0.3, 0.4) is 0 Å². The van der Waals surface area contributed by atoms with Crippen molar-refractivity contribution in [3.8, 4) is 22.3 Å². The van der Waals surface area contributed by atoms with Gasteiger partial charge in [-0.25, -0.2) is 0 Å². The largest absolute Gasteiger partial charge is 0.0622 e. The van der Waals surface area contributed by atoms with Crippen LogP contribution in [0.4, 0.5) is 0 Å². The molecule has 2 aliphatic rings. The van der Waals surface area contributed by atoms with Crippen LogP contribution in [0, 0.1) is 0 Å². The molecule has 0 spiro atoms. The molecule has 0 amide bonds. The van der Waals surface area contributed by atoms with E-state index in [1.54, 1.807) is 33.4 Å². The molecule has 0 atom stereocenters. The summed E-state index contributed by atoms with van der Waals surface area (Å²) < 4.78 is 1.16. The van der Waals surface area contributed by atoms with Gasteiger partial charge in [0.2, 0.25) is 0 Å². The van der Waals surface area contributed by atoms with Crippen LogP contribution in [0.5, 0.6) is 0 Å². The van der Waals surface area contributed by atoms with E-state index in [2.05, 4.69) is 70.5 Å². The first-order chi connectivity index (χ1) is 13.3. The van der Waals surface area contributed by atoms with Crippen LogP contribution in [0.1, 0.15) is 47.9 Å². The predicted octanol–water partition coefficient (Wildman–Crippen LogP) is 7.54. The van der Waals surface area contributed by atoms with Crippen molar-refractivity contribution >= 4 is 15.9 Å². The molecule has 0 N–H and O–H groups in total. The summed E-state index contributed by atoms with van der Waals surface area (Å²) in [6.45, 7) is 0. The van der Waals surface area contributed by atoms with Crippen LogP contribution < -0.4 is 0 Å². The lowest BCUT2D eigenvalue weighted by Gasteiger charge is -2.32. The number of fused-ring (bicyclic) bond motifs is 2. The number of halogens is 1. The van der Waals surface area contributed by atoms with Crippen molar-refractivity contribution < 1.29 is 0 Å². The van der Waals surface area contributed by atoms with Gasteiger partial charge in [0.1, 0.15) is 0 Å². The van der Waals surface area contributed by atoms with Gasteiger partial charge in [0.05, 0.1) is 0 Å². The second-order valence-electron chi connectivity index (χ2n) is 7.95. The van der Waals surface area contributed by atoms with E-state index in [4.69, 9.17) is 0 Å². The fraction of sp³-hybridized carbons (Fsp3) is 0.308. The van der Waals surface area contributed by atoms with E-state index in [0.29, 0.717) is 0 Å². The van der Waals surface area contributed by atoms with Crippen LogP contribution in [0.25, 0.3) is 22.3 Å². The fourth-order valence-electron chi connectivity index (χ4n) is 5.20. The van der Waals surface area contributed by atoms with Crippen LogP contribution in [0.2, 0.25) is 0 Å². The molecule has 0 saturated carbocycles. The Hall–Kier alpha value is -1.86. The zero-order valence-corrected chi connectivity index (χ0v) is 17.3. The van der Waals surface area contributed by atoms with Crippen LogP contribution in [0.15, 0.2) is 59.1 Å². The van der Waals surface area contributed by atoms with Crippen molar-refractivity contribution in [3.63, 3.8) is 0 Å². The summed E-state index contributed by atoms with van der Waals surface area (Å²) in [7, 11) is 0. The van der Waals surface area contributed by atoms with Crippen molar-refractivity contribution in [2.45, 2.75) is 51.4 Å². The minimum atomic E-state index is 1.16. The first kappa shape index (κ1) is 17.3. The summed E-state index contributed by atoms with van der Waals surface area (Å²) in [6.07, 6.45) is 10.2. The average molecular weight is 417 g/mol. The maximum Gasteiger partial charge on any atom is 0.0175 e. The molecule has 3 aromatic rings. The number of rotatable bonds is 2. The lowest BCUT2D eigenvalue weighted by atomic mass is 9.73. The van der Waals surface area contributed by atoms with E-state index >= 15 is 0 Å². The van der Waals surface area contributed by atoms with Crippen LogP contribution in [-0.2, 0) is 25.7 Å². The van der Waals surface area contributed by atoms with Crippen molar-refractivity contribution in [1.82, 2.24) is 0 Å². The monoisotopic (exact) mass is 416 g/mol. The summed E-state index contributed by atoms with van der Waals surface area (Å²) in [5.41, 5.74) is 12.6. The molecule has 27 heavy (non-hydrogen) atoms. The van der Waals surface area contributed by atoms with Crippen molar-refractivity contribution in [2.75, 3.05) is 0 Å². The molecule has 0 heterocycles. The van der Waals surface area contributed by atoms with Gasteiger partial charge in [-0.15, -0.1) is 0 Å². The van der Waals surface area contributed by atoms with Gasteiger partial charge in [0.25, 0.3) is 0 Å². The third-order valence-corrected chi connectivity index (χ3v) is 6.87. The molecule has 3 aromatic carbocycles. The lowest BCUT2D eigenvalue weighted by Crippen LogP contribution is -2.15. The third-order valence-electron chi connectivity index (χ3n) is 6.34. The van der Waals surface area contributed by atoms with E-state index < -0.39 is 0 Å². The molecule has 5 rings (SSSR count). The molecular formula is C26H25Br. The Bertz CT molecular complexity index is 930. The van der Waals surface area contributed by atoms with Gasteiger partial charge in [-0.2, -0.15) is 0 Å². The minimum Gasteiger partial charge on any atom is -0.0622 e. The van der Waals surface area contributed by atoms with Gasteiger partial charge in [-0.05, 0) is 108 Å². The number of hydrogen-bond donors (Lipinski definition) is 0. The number of benzene rings is 3. The molecule has 0 bridgehead atoms. The van der Waals surface area contributed by atoms with Crippen LogP contribution in [-0.4, -0.2) is 0 Å². The maximum atomic E-state index is 3.61. The van der Waals surface area contributed by atoms with E-state index in [1.165, 1.54) is 62.5 Å². The molecule has 136 valence electrons. The van der Waals surface area contributed by atoms with Gasteiger partial charge in [-0.3, -0.25) is 0 Å². The minimum absolute atomic E-state index is 1.16. The summed E-state index contributed by atoms with van der Waals surface area (Å²) in [6, 6.07) is 20.2. The highest BCUT2D eigenvalue weighted by Crippen LogP contribution is 2.45. The van der Waals surface area contributed by atoms with Gasteiger partial charge >= 0.3 is 0 Å². The SMILES string of the molecule is Brc1ccc(-c2c3c(c(-c4ccccc4)c4c2CCCC4)CCCC3)cc1. The Morgan fingerprint density at radius 1 is 0.481 bits per heavy atom. The molecule has 0 aliphatic heterocycles. The first-order valence-electron chi connectivity index (χ1n) is 10.3.